The Morgan fingerprint density at radius 2 is 2.42 bits per heavy atom. The van der Waals surface area contributed by atoms with Gasteiger partial charge < -0.3 is 9.36 Å². The molecule has 0 N–H and O–H groups in total. The van der Waals surface area contributed by atoms with Crippen molar-refractivity contribution in [2.24, 2.45) is 0 Å². The van der Waals surface area contributed by atoms with Gasteiger partial charge in [0.1, 0.15) is 6.29 Å². The van der Waals surface area contributed by atoms with Crippen molar-refractivity contribution in [3.8, 4) is 0 Å². The summed E-state index contributed by atoms with van der Waals surface area (Å²) in [6, 6.07) is 0.447. The fourth-order valence-electron chi connectivity index (χ4n) is 0.998. The summed E-state index contributed by atoms with van der Waals surface area (Å²) in [7, 11) is 0. The van der Waals surface area contributed by atoms with Crippen LogP contribution >= 0.6 is 0 Å². The predicted octanol–water partition coefficient (Wildman–Crippen LogP) is 1.60. The largest absolute Gasteiger partial charge is 0.335 e. The van der Waals surface area contributed by atoms with Crippen LogP contribution in [0.2, 0.25) is 0 Å². The first-order valence-corrected chi connectivity index (χ1v) is 4.20. The van der Waals surface area contributed by atoms with Gasteiger partial charge in [-0.1, -0.05) is 0 Å². The van der Waals surface area contributed by atoms with Gasteiger partial charge in [-0.05, 0) is 20.3 Å². The summed E-state index contributed by atoms with van der Waals surface area (Å²) in [5.74, 6) is 0. The van der Waals surface area contributed by atoms with Gasteiger partial charge in [-0.25, -0.2) is 4.98 Å². The second-order valence-electron chi connectivity index (χ2n) is 3.11. The predicted molar refractivity (Wildman–Crippen MR) is 47.0 cm³/mol. The maximum Gasteiger partial charge on any atom is 0.120 e. The molecule has 0 aliphatic rings. The number of carbonyl (C=O) groups is 1. The van der Waals surface area contributed by atoms with E-state index in [2.05, 4.69) is 18.8 Å². The smallest absolute Gasteiger partial charge is 0.120 e. The fraction of sp³-hybridized carbons (Fsp3) is 0.556. The molecule has 3 nitrogen and oxygen atoms in total. The third-order valence-electron chi connectivity index (χ3n) is 1.77. The average molecular weight is 166 g/mol. The highest BCUT2D eigenvalue weighted by molar-refractivity contribution is 5.49. The summed E-state index contributed by atoms with van der Waals surface area (Å²) < 4.78 is 2.04. The highest BCUT2D eigenvalue weighted by atomic mass is 16.1. The second kappa shape index (κ2) is 4.04. The molecular weight excluding hydrogens is 152 g/mol. The summed E-state index contributed by atoms with van der Waals surface area (Å²) in [5, 5.41) is 0. The standard InChI is InChI=1S/C9H14N2O/c1-8(2)11-6-9(10-7-11)4-3-5-12/h5-8H,3-4H2,1-2H3. The summed E-state index contributed by atoms with van der Waals surface area (Å²) in [6.07, 6.45) is 6.05. The van der Waals surface area contributed by atoms with E-state index in [4.69, 9.17) is 0 Å². The van der Waals surface area contributed by atoms with Gasteiger partial charge in [0.25, 0.3) is 0 Å². The summed E-state index contributed by atoms with van der Waals surface area (Å²) in [6.45, 7) is 4.20. The van der Waals surface area contributed by atoms with Crippen LogP contribution < -0.4 is 0 Å². The molecule has 66 valence electrons. The first-order chi connectivity index (χ1) is 5.74. The molecule has 1 rings (SSSR count). The minimum Gasteiger partial charge on any atom is -0.335 e. The number of carbonyl (C=O) groups excluding carboxylic acids is 1. The number of imidazole rings is 1. The molecule has 0 unspecified atom stereocenters. The van der Waals surface area contributed by atoms with Crippen molar-refractivity contribution < 1.29 is 4.79 Å². The van der Waals surface area contributed by atoms with Gasteiger partial charge in [0.05, 0.1) is 12.0 Å². The van der Waals surface area contributed by atoms with Crippen LogP contribution in [0.15, 0.2) is 12.5 Å². The van der Waals surface area contributed by atoms with E-state index in [1.807, 2.05) is 17.1 Å². The van der Waals surface area contributed by atoms with Gasteiger partial charge in [-0.15, -0.1) is 0 Å². The zero-order valence-corrected chi connectivity index (χ0v) is 7.53. The van der Waals surface area contributed by atoms with Crippen molar-refractivity contribution in [3.63, 3.8) is 0 Å². The van der Waals surface area contributed by atoms with E-state index in [1.165, 1.54) is 0 Å². The monoisotopic (exact) mass is 166 g/mol. The topological polar surface area (TPSA) is 34.9 Å². The van der Waals surface area contributed by atoms with Crippen LogP contribution in [0.3, 0.4) is 0 Å². The van der Waals surface area contributed by atoms with E-state index in [9.17, 15) is 4.79 Å². The zero-order chi connectivity index (χ0) is 8.97. The minimum atomic E-state index is 0.447. The Bertz CT molecular complexity index is 253. The van der Waals surface area contributed by atoms with Crippen molar-refractivity contribution in [3.05, 3.63) is 18.2 Å². The highest BCUT2D eigenvalue weighted by Gasteiger charge is 2.00. The molecule has 0 aromatic carbocycles. The normalized spacial score (nSPS) is 10.6. The lowest BCUT2D eigenvalue weighted by atomic mass is 10.3. The van der Waals surface area contributed by atoms with Gasteiger partial charge in [-0.2, -0.15) is 0 Å². The first-order valence-electron chi connectivity index (χ1n) is 4.20. The molecule has 1 aromatic heterocycles. The molecule has 0 saturated carbocycles. The molecule has 0 atom stereocenters. The molecule has 0 fully saturated rings. The molecule has 0 amide bonds. The number of rotatable bonds is 4. The first kappa shape index (κ1) is 8.97. The lowest BCUT2D eigenvalue weighted by molar-refractivity contribution is -0.107. The molecule has 0 radical (unpaired) electrons. The maximum absolute atomic E-state index is 10.1. The van der Waals surface area contributed by atoms with Gasteiger partial charge in [0.15, 0.2) is 0 Å². The Hall–Kier alpha value is -1.12. The van der Waals surface area contributed by atoms with E-state index in [0.717, 1.165) is 18.4 Å². The molecule has 12 heavy (non-hydrogen) atoms. The maximum atomic E-state index is 10.1. The van der Waals surface area contributed by atoms with E-state index < -0.39 is 0 Å². The van der Waals surface area contributed by atoms with Gasteiger partial charge in [0.2, 0.25) is 0 Å². The molecule has 0 spiro atoms. The molecule has 0 aliphatic carbocycles. The molecule has 1 heterocycles. The van der Waals surface area contributed by atoms with Crippen molar-refractivity contribution in [2.75, 3.05) is 0 Å². The Morgan fingerprint density at radius 1 is 1.67 bits per heavy atom. The number of hydrogen-bond donors (Lipinski definition) is 0. The van der Waals surface area contributed by atoms with Gasteiger partial charge in [0, 0.05) is 18.7 Å². The number of hydrogen-bond acceptors (Lipinski definition) is 2. The minimum absolute atomic E-state index is 0.447. The Balaban J connectivity index is 2.58. The van der Waals surface area contributed by atoms with Crippen LogP contribution in [0.1, 0.15) is 32.0 Å². The zero-order valence-electron chi connectivity index (χ0n) is 7.53. The van der Waals surface area contributed by atoms with Crippen LogP contribution in [0.5, 0.6) is 0 Å². The summed E-state index contributed by atoms with van der Waals surface area (Å²) >= 11 is 0. The molecular formula is C9H14N2O. The van der Waals surface area contributed by atoms with Crippen LogP contribution in [0, 0.1) is 0 Å². The molecule has 0 saturated heterocycles. The second-order valence-corrected chi connectivity index (χ2v) is 3.11. The molecule has 0 aliphatic heterocycles. The third-order valence-corrected chi connectivity index (χ3v) is 1.77. The third kappa shape index (κ3) is 2.19. The van der Waals surface area contributed by atoms with Crippen LogP contribution in [0.25, 0.3) is 0 Å². The summed E-state index contributed by atoms with van der Waals surface area (Å²) in [5.41, 5.74) is 0.996. The Kier molecular flexibility index (Phi) is 3.02. The number of aromatic nitrogens is 2. The van der Waals surface area contributed by atoms with Crippen molar-refractivity contribution in [1.82, 2.24) is 9.55 Å². The summed E-state index contributed by atoms with van der Waals surface area (Å²) in [4.78, 5) is 14.3. The molecule has 0 bridgehead atoms. The number of aryl methyl sites for hydroxylation is 1. The van der Waals surface area contributed by atoms with Crippen molar-refractivity contribution >= 4 is 6.29 Å². The van der Waals surface area contributed by atoms with E-state index in [0.29, 0.717) is 12.5 Å². The Labute approximate surface area is 72.4 Å². The van der Waals surface area contributed by atoms with Crippen LogP contribution in [-0.2, 0) is 11.2 Å². The lowest BCUT2D eigenvalue weighted by Crippen LogP contribution is -1.95. The van der Waals surface area contributed by atoms with E-state index in [1.54, 1.807) is 0 Å². The van der Waals surface area contributed by atoms with Crippen molar-refractivity contribution in [2.45, 2.75) is 32.7 Å². The van der Waals surface area contributed by atoms with Crippen LogP contribution in [-0.4, -0.2) is 15.8 Å². The number of aldehydes is 1. The average Bonchev–Trinajstić information content (AvgIpc) is 2.48. The van der Waals surface area contributed by atoms with Crippen LogP contribution in [0.4, 0.5) is 0 Å². The SMILES string of the molecule is CC(C)n1cnc(CCC=O)c1. The Morgan fingerprint density at radius 3 is 2.92 bits per heavy atom. The fourth-order valence-corrected chi connectivity index (χ4v) is 0.998. The van der Waals surface area contributed by atoms with Gasteiger partial charge in [-0.3, -0.25) is 0 Å². The highest BCUT2D eigenvalue weighted by Crippen LogP contribution is 2.06. The molecule has 3 heteroatoms. The quantitative estimate of drug-likeness (QED) is 0.637. The van der Waals surface area contributed by atoms with Gasteiger partial charge >= 0.3 is 0 Å². The van der Waals surface area contributed by atoms with Crippen molar-refractivity contribution in [1.29, 1.82) is 0 Å². The lowest BCUT2D eigenvalue weighted by Gasteiger charge is -2.03. The number of nitrogens with zero attached hydrogens (tertiary/aromatic N) is 2. The van der Waals surface area contributed by atoms with E-state index in [-0.39, 0.29) is 0 Å². The molecule has 1 aromatic rings. The van der Waals surface area contributed by atoms with E-state index >= 15 is 0 Å².